The highest BCUT2D eigenvalue weighted by Gasteiger charge is 2.26. The molecule has 0 rings (SSSR count). The molecular formula is C12H25O3PSi. The maximum Gasteiger partial charge on any atom is 0.342 e. The maximum atomic E-state index is 12.4. The zero-order chi connectivity index (χ0) is 13.7. The SMILES string of the molecule is CC(C)OP(=O)(CC#C[Si](C)(C)C)OC(C)C. The summed E-state index contributed by atoms with van der Waals surface area (Å²) in [7, 11) is -4.50. The quantitative estimate of drug-likeness (QED) is 0.434. The zero-order valence-electron chi connectivity index (χ0n) is 12.0. The van der Waals surface area contributed by atoms with Crippen molar-refractivity contribution in [1.29, 1.82) is 0 Å². The van der Waals surface area contributed by atoms with Gasteiger partial charge in [-0.15, -0.1) is 5.54 Å². The third-order valence-electron chi connectivity index (χ3n) is 1.48. The molecule has 0 amide bonds. The molecule has 0 fully saturated rings. The average Bonchev–Trinajstić information content (AvgIpc) is 1.95. The smallest absolute Gasteiger partial charge is 0.305 e. The van der Waals surface area contributed by atoms with E-state index in [-0.39, 0.29) is 18.4 Å². The Labute approximate surface area is 107 Å². The summed E-state index contributed by atoms with van der Waals surface area (Å²) in [6.45, 7) is 13.8. The molecule has 0 radical (unpaired) electrons. The second-order valence-corrected chi connectivity index (χ2v) is 12.3. The van der Waals surface area contributed by atoms with E-state index in [0.717, 1.165) is 0 Å². The van der Waals surface area contributed by atoms with Crippen LogP contribution in [0.2, 0.25) is 19.6 Å². The maximum absolute atomic E-state index is 12.4. The molecular weight excluding hydrogens is 251 g/mol. The van der Waals surface area contributed by atoms with Gasteiger partial charge < -0.3 is 9.05 Å². The van der Waals surface area contributed by atoms with Crippen LogP contribution in [0.1, 0.15) is 27.7 Å². The Hall–Kier alpha value is -0.0731. The lowest BCUT2D eigenvalue weighted by atomic mass is 10.5. The van der Waals surface area contributed by atoms with Crippen LogP contribution in [-0.4, -0.2) is 26.4 Å². The highest BCUT2D eigenvalue weighted by Crippen LogP contribution is 2.49. The molecule has 0 saturated heterocycles. The van der Waals surface area contributed by atoms with Crippen LogP contribution in [0.4, 0.5) is 0 Å². The Morgan fingerprint density at radius 2 is 1.47 bits per heavy atom. The minimum absolute atomic E-state index is 0.117. The van der Waals surface area contributed by atoms with E-state index >= 15 is 0 Å². The second kappa shape index (κ2) is 6.75. The molecule has 0 aliphatic carbocycles. The molecule has 0 aliphatic heterocycles. The average molecular weight is 276 g/mol. The van der Waals surface area contributed by atoms with E-state index in [2.05, 4.69) is 31.1 Å². The first-order chi connectivity index (χ1) is 7.54. The lowest BCUT2D eigenvalue weighted by Gasteiger charge is -2.21. The largest absolute Gasteiger partial charge is 0.342 e. The van der Waals surface area contributed by atoms with Crippen molar-refractivity contribution in [3.63, 3.8) is 0 Å². The fourth-order valence-corrected chi connectivity index (χ4v) is 3.67. The van der Waals surface area contributed by atoms with Gasteiger partial charge in [-0.05, 0) is 27.7 Å². The summed E-state index contributed by atoms with van der Waals surface area (Å²) >= 11 is 0. The monoisotopic (exact) mass is 276 g/mol. The van der Waals surface area contributed by atoms with Crippen molar-refractivity contribution in [2.75, 3.05) is 6.16 Å². The van der Waals surface area contributed by atoms with E-state index < -0.39 is 15.7 Å². The van der Waals surface area contributed by atoms with Gasteiger partial charge in [-0.2, -0.15) is 0 Å². The summed E-state index contributed by atoms with van der Waals surface area (Å²) in [5.41, 5.74) is 3.18. The van der Waals surface area contributed by atoms with E-state index in [1.54, 1.807) is 0 Å². The van der Waals surface area contributed by atoms with Gasteiger partial charge in [0.05, 0.1) is 12.2 Å². The van der Waals surface area contributed by atoms with Crippen molar-refractivity contribution in [3.8, 4) is 11.5 Å². The first-order valence-electron chi connectivity index (χ1n) is 6.00. The Morgan fingerprint density at radius 1 is 1.06 bits per heavy atom. The molecule has 0 aromatic heterocycles. The van der Waals surface area contributed by atoms with E-state index in [0.29, 0.717) is 0 Å². The van der Waals surface area contributed by atoms with E-state index in [9.17, 15) is 4.57 Å². The Morgan fingerprint density at radius 3 is 1.76 bits per heavy atom. The summed E-state index contributed by atoms with van der Waals surface area (Å²) < 4.78 is 23.2. The van der Waals surface area contributed by atoms with Crippen molar-refractivity contribution in [3.05, 3.63) is 0 Å². The summed E-state index contributed by atoms with van der Waals surface area (Å²) in [5, 5.41) is 0. The molecule has 0 atom stereocenters. The van der Waals surface area contributed by atoms with Crippen molar-refractivity contribution < 1.29 is 13.6 Å². The van der Waals surface area contributed by atoms with E-state index in [4.69, 9.17) is 9.05 Å². The van der Waals surface area contributed by atoms with Crippen LogP contribution >= 0.6 is 7.60 Å². The molecule has 0 aliphatic rings. The molecule has 0 aromatic carbocycles. The molecule has 0 unspecified atom stereocenters. The molecule has 0 spiro atoms. The fraction of sp³-hybridized carbons (Fsp3) is 0.833. The fourth-order valence-electron chi connectivity index (χ4n) is 1.14. The molecule has 0 aromatic rings. The van der Waals surface area contributed by atoms with Crippen LogP contribution in [0.3, 0.4) is 0 Å². The topological polar surface area (TPSA) is 35.5 Å². The van der Waals surface area contributed by atoms with E-state index in [1.807, 2.05) is 27.7 Å². The van der Waals surface area contributed by atoms with Crippen LogP contribution in [0, 0.1) is 11.5 Å². The Kier molecular flexibility index (Phi) is 6.72. The van der Waals surface area contributed by atoms with Gasteiger partial charge in [-0.3, -0.25) is 4.57 Å². The summed E-state index contributed by atoms with van der Waals surface area (Å²) in [5.74, 6) is 2.98. The Bertz CT molecular complexity index is 320. The lowest BCUT2D eigenvalue weighted by molar-refractivity contribution is 0.144. The first kappa shape index (κ1) is 16.9. The van der Waals surface area contributed by atoms with Gasteiger partial charge in [0.2, 0.25) is 0 Å². The first-order valence-corrected chi connectivity index (χ1v) is 11.2. The van der Waals surface area contributed by atoms with E-state index in [1.165, 1.54) is 0 Å². The molecule has 5 heteroatoms. The molecule has 17 heavy (non-hydrogen) atoms. The minimum atomic E-state index is -3.07. The van der Waals surface area contributed by atoms with Gasteiger partial charge >= 0.3 is 7.60 Å². The predicted octanol–water partition coefficient (Wildman–Crippen LogP) is 3.91. The third kappa shape index (κ3) is 9.61. The van der Waals surface area contributed by atoms with Crippen LogP contribution in [0.5, 0.6) is 0 Å². The van der Waals surface area contributed by atoms with Gasteiger partial charge in [0.15, 0.2) is 0 Å². The minimum Gasteiger partial charge on any atom is -0.305 e. The van der Waals surface area contributed by atoms with Gasteiger partial charge in [0, 0.05) is 0 Å². The van der Waals surface area contributed by atoms with Gasteiger partial charge in [-0.1, -0.05) is 25.6 Å². The molecule has 0 saturated carbocycles. The van der Waals surface area contributed by atoms with Crippen LogP contribution in [-0.2, 0) is 13.6 Å². The van der Waals surface area contributed by atoms with Crippen molar-refractivity contribution in [1.82, 2.24) is 0 Å². The van der Waals surface area contributed by atoms with Crippen molar-refractivity contribution in [2.24, 2.45) is 0 Å². The highest BCUT2D eigenvalue weighted by molar-refractivity contribution is 7.54. The summed E-state index contributed by atoms with van der Waals surface area (Å²) in [6, 6.07) is 0. The highest BCUT2D eigenvalue weighted by atomic mass is 31.2. The molecule has 0 heterocycles. The summed E-state index contributed by atoms with van der Waals surface area (Å²) in [4.78, 5) is 0. The second-order valence-electron chi connectivity index (χ2n) is 5.63. The molecule has 0 N–H and O–H groups in total. The number of hydrogen-bond acceptors (Lipinski definition) is 3. The van der Waals surface area contributed by atoms with Gasteiger partial charge in [0.1, 0.15) is 14.2 Å². The molecule has 0 bridgehead atoms. The van der Waals surface area contributed by atoms with Gasteiger partial charge in [-0.25, -0.2) is 0 Å². The van der Waals surface area contributed by atoms with Gasteiger partial charge in [0.25, 0.3) is 0 Å². The normalized spacial score (nSPS) is 12.8. The van der Waals surface area contributed by atoms with Crippen LogP contribution in [0.25, 0.3) is 0 Å². The van der Waals surface area contributed by atoms with Crippen molar-refractivity contribution >= 4 is 15.7 Å². The molecule has 3 nitrogen and oxygen atoms in total. The lowest BCUT2D eigenvalue weighted by Crippen LogP contribution is -2.17. The van der Waals surface area contributed by atoms with Crippen LogP contribution < -0.4 is 0 Å². The summed E-state index contributed by atoms with van der Waals surface area (Å²) in [6.07, 6.45) is -0.0466. The van der Waals surface area contributed by atoms with Crippen molar-refractivity contribution in [2.45, 2.75) is 59.5 Å². The van der Waals surface area contributed by atoms with Crippen LogP contribution in [0.15, 0.2) is 0 Å². The standard InChI is InChI=1S/C12H25O3PSi/c1-11(2)14-16(13,15-12(3)4)9-8-10-17(5,6)7/h11-12H,9H2,1-7H3. The predicted molar refractivity (Wildman–Crippen MR) is 76.0 cm³/mol. The third-order valence-corrected chi connectivity index (χ3v) is 4.44. The Balaban J connectivity index is 4.70. The molecule has 100 valence electrons. The number of rotatable bonds is 5. The number of hydrogen-bond donors (Lipinski definition) is 0. The zero-order valence-corrected chi connectivity index (χ0v) is 13.9.